The van der Waals surface area contributed by atoms with E-state index in [9.17, 15) is 9.59 Å². The molecule has 0 spiro atoms. The van der Waals surface area contributed by atoms with E-state index in [-0.39, 0.29) is 0 Å². The van der Waals surface area contributed by atoms with Crippen LogP contribution in [-0.2, 0) is 9.59 Å². The van der Waals surface area contributed by atoms with E-state index in [0.717, 1.165) is 0 Å². The van der Waals surface area contributed by atoms with E-state index in [1.165, 1.54) is 24.5 Å². The Kier molecular flexibility index (Phi) is 3.30. The number of hydrogen-bond donors (Lipinski definition) is 2. The number of aliphatic hydroxyl groups is 1. The molecule has 1 aromatic heterocycles. The lowest BCUT2D eigenvalue weighted by Gasteiger charge is -2.09. The third-order valence-corrected chi connectivity index (χ3v) is 1.82. The van der Waals surface area contributed by atoms with Crippen molar-refractivity contribution in [2.45, 2.75) is 5.92 Å². The second kappa shape index (κ2) is 4.48. The predicted molar refractivity (Wildman–Crippen MR) is 46.7 cm³/mol. The fourth-order valence-corrected chi connectivity index (χ4v) is 1.08. The third kappa shape index (κ3) is 2.14. The number of carbonyl (C=O) groups is 2. The Hall–Kier alpha value is -1.75. The summed E-state index contributed by atoms with van der Waals surface area (Å²) in [6.07, 6.45) is 2.88. The van der Waals surface area contributed by atoms with Gasteiger partial charge in [0.15, 0.2) is 0 Å². The molecule has 0 aromatic carbocycles. The molecule has 1 unspecified atom stereocenters. The van der Waals surface area contributed by atoms with Gasteiger partial charge in [-0.2, -0.15) is 0 Å². The van der Waals surface area contributed by atoms with Crippen LogP contribution in [0.25, 0.3) is 0 Å². The lowest BCUT2D eigenvalue weighted by Crippen LogP contribution is -2.24. The summed E-state index contributed by atoms with van der Waals surface area (Å²) >= 11 is 0. The highest BCUT2D eigenvalue weighted by molar-refractivity contribution is 6.35. The summed E-state index contributed by atoms with van der Waals surface area (Å²) in [5, 5.41) is 17.4. The molecule has 1 aromatic rings. The van der Waals surface area contributed by atoms with Gasteiger partial charge in [-0.25, -0.2) is 4.79 Å². The fraction of sp³-hybridized carbons (Fsp3) is 0.222. The zero-order valence-electron chi connectivity index (χ0n) is 7.25. The number of ketones is 1. The summed E-state index contributed by atoms with van der Waals surface area (Å²) < 4.78 is 0. The number of rotatable bonds is 4. The van der Waals surface area contributed by atoms with Gasteiger partial charge >= 0.3 is 5.97 Å². The van der Waals surface area contributed by atoms with Crippen molar-refractivity contribution in [1.29, 1.82) is 0 Å². The number of Topliss-reactive ketones (excluding diaryl/α,β-unsaturated/α-hetero) is 1. The molecule has 1 heterocycles. The van der Waals surface area contributed by atoms with Gasteiger partial charge in [0.25, 0.3) is 0 Å². The van der Waals surface area contributed by atoms with E-state index in [4.69, 9.17) is 10.2 Å². The first kappa shape index (κ1) is 10.3. The van der Waals surface area contributed by atoms with Gasteiger partial charge in [0.05, 0.1) is 12.5 Å². The van der Waals surface area contributed by atoms with Crippen LogP contribution < -0.4 is 0 Å². The van der Waals surface area contributed by atoms with Crippen LogP contribution in [0.15, 0.2) is 24.5 Å². The third-order valence-electron chi connectivity index (χ3n) is 1.82. The Bertz CT molecular complexity index is 336. The van der Waals surface area contributed by atoms with Crippen LogP contribution in [0, 0.1) is 0 Å². The molecule has 0 saturated heterocycles. The van der Waals surface area contributed by atoms with Gasteiger partial charge in [0.2, 0.25) is 5.78 Å². The van der Waals surface area contributed by atoms with Crippen molar-refractivity contribution in [2.75, 3.05) is 6.61 Å². The minimum atomic E-state index is -1.54. The van der Waals surface area contributed by atoms with Crippen molar-refractivity contribution >= 4 is 11.8 Å². The molecule has 74 valence electrons. The number of carbonyl (C=O) groups excluding carboxylic acids is 1. The number of pyridine rings is 1. The Morgan fingerprint density at radius 1 is 1.36 bits per heavy atom. The Morgan fingerprint density at radius 2 is 1.93 bits per heavy atom. The average Bonchev–Trinajstić information content (AvgIpc) is 2.20. The standard InChI is InChI=1S/C9H9NO4/c11-5-7(8(12)9(13)14)6-1-3-10-4-2-6/h1-4,7,11H,5H2,(H,13,14). The Labute approximate surface area is 80.0 Å². The molecule has 1 rings (SSSR count). The summed E-state index contributed by atoms with van der Waals surface area (Å²) in [6.45, 7) is -0.519. The molecule has 14 heavy (non-hydrogen) atoms. The van der Waals surface area contributed by atoms with E-state index in [1.807, 2.05) is 0 Å². The smallest absolute Gasteiger partial charge is 0.372 e. The van der Waals surface area contributed by atoms with Gasteiger partial charge in [-0.15, -0.1) is 0 Å². The lowest BCUT2D eigenvalue weighted by molar-refractivity contribution is -0.150. The minimum absolute atomic E-state index is 0.454. The number of aromatic nitrogens is 1. The highest BCUT2D eigenvalue weighted by atomic mass is 16.4. The minimum Gasteiger partial charge on any atom is -0.475 e. The van der Waals surface area contributed by atoms with Crippen molar-refractivity contribution in [3.63, 3.8) is 0 Å². The molecule has 0 radical (unpaired) electrons. The first-order valence-corrected chi connectivity index (χ1v) is 3.94. The topological polar surface area (TPSA) is 87.5 Å². The summed E-state index contributed by atoms with van der Waals surface area (Å²) in [6, 6.07) is 3.00. The summed E-state index contributed by atoms with van der Waals surface area (Å²) in [5.41, 5.74) is 0.454. The molecule has 0 amide bonds. The highest BCUT2D eigenvalue weighted by Crippen LogP contribution is 2.14. The summed E-state index contributed by atoms with van der Waals surface area (Å²) in [5.74, 6) is -3.56. The maximum absolute atomic E-state index is 11.1. The molecular weight excluding hydrogens is 186 g/mol. The zero-order valence-corrected chi connectivity index (χ0v) is 7.25. The van der Waals surface area contributed by atoms with Gasteiger partial charge in [-0.05, 0) is 17.7 Å². The molecule has 5 nitrogen and oxygen atoms in total. The fourth-order valence-electron chi connectivity index (χ4n) is 1.08. The normalized spacial score (nSPS) is 12.1. The number of aliphatic carboxylic acids is 1. The monoisotopic (exact) mass is 195 g/mol. The van der Waals surface area contributed by atoms with Crippen LogP contribution in [0.4, 0.5) is 0 Å². The number of carboxylic acids is 1. The second-order valence-electron chi connectivity index (χ2n) is 2.69. The molecule has 0 aliphatic heterocycles. The number of aliphatic hydroxyl groups excluding tert-OH is 1. The highest BCUT2D eigenvalue weighted by Gasteiger charge is 2.25. The van der Waals surface area contributed by atoms with Crippen molar-refractivity contribution in [2.24, 2.45) is 0 Å². The van der Waals surface area contributed by atoms with Gasteiger partial charge in [0.1, 0.15) is 0 Å². The molecule has 2 N–H and O–H groups in total. The molecule has 0 aliphatic rings. The van der Waals surface area contributed by atoms with Crippen LogP contribution in [0.1, 0.15) is 11.5 Å². The van der Waals surface area contributed by atoms with Crippen LogP contribution in [0.2, 0.25) is 0 Å². The predicted octanol–water partition coefficient (Wildman–Crippen LogP) is -0.189. The van der Waals surface area contributed by atoms with Crippen LogP contribution in [-0.4, -0.2) is 33.6 Å². The van der Waals surface area contributed by atoms with Crippen molar-refractivity contribution in [3.8, 4) is 0 Å². The second-order valence-corrected chi connectivity index (χ2v) is 2.69. The van der Waals surface area contributed by atoms with E-state index in [1.54, 1.807) is 0 Å². The van der Waals surface area contributed by atoms with Crippen LogP contribution >= 0.6 is 0 Å². The zero-order chi connectivity index (χ0) is 10.6. The largest absolute Gasteiger partial charge is 0.475 e. The molecule has 0 bridgehead atoms. The van der Waals surface area contributed by atoms with Gasteiger partial charge in [-0.3, -0.25) is 9.78 Å². The van der Waals surface area contributed by atoms with E-state index >= 15 is 0 Å². The Balaban J connectivity index is 2.93. The van der Waals surface area contributed by atoms with Crippen molar-refractivity contribution < 1.29 is 19.8 Å². The number of carboxylic acid groups (broad SMARTS) is 1. The van der Waals surface area contributed by atoms with Crippen molar-refractivity contribution in [3.05, 3.63) is 30.1 Å². The lowest BCUT2D eigenvalue weighted by atomic mass is 9.97. The average molecular weight is 195 g/mol. The molecule has 5 heteroatoms. The summed E-state index contributed by atoms with van der Waals surface area (Å²) in [4.78, 5) is 25.2. The molecule has 1 atom stereocenters. The van der Waals surface area contributed by atoms with Gasteiger partial charge < -0.3 is 10.2 Å². The van der Waals surface area contributed by atoms with Gasteiger partial charge in [-0.1, -0.05) is 0 Å². The van der Waals surface area contributed by atoms with E-state index in [0.29, 0.717) is 5.56 Å². The molecule has 0 aliphatic carbocycles. The van der Waals surface area contributed by atoms with Crippen molar-refractivity contribution in [1.82, 2.24) is 4.98 Å². The summed E-state index contributed by atoms with van der Waals surface area (Å²) in [7, 11) is 0. The van der Waals surface area contributed by atoms with E-state index < -0.39 is 24.3 Å². The van der Waals surface area contributed by atoms with Gasteiger partial charge in [0, 0.05) is 12.4 Å². The Morgan fingerprint density at radius 3 is 2.36 bits per heavy atom. The number of hydrogen-bond acceptors (Lipinski definition) is 4. The molecule has 0 fully saturated rings. The van der Waals surface area contributed by atoms with Crippen LogP contribution in [0.3, 0.4) is 0 Å². The quantitative estimate of drug-likeness (QED) is 0.650. The maximum atomic E-state index is 11.1. The van der Waals surface area contributed by atoms with E-state index in [2.05, 4.69) is 4.98 Å². The first-order valence-electron chi connectivity index (χ1n) is 3.94. The number of nitrogens with zero attached hydrogens (tertiary/aromatic N) is 1. The maximum Gasteiger partial charge on any atom is 0.372 e. The van der Waals surface area contributed by atoms with Crippen LogP contribution in [0.5, 0.6) is 0 Å². The molecular formula is C9H9NO4. The molecule has 0 saturated carbocycles. The SMILES string of the molecule is O=C(O)C(=O)C(CO)c1ccncc1. The first-order chi connectivity index (χ1) is 6.66.